The predicted octanol–water partition coefficient (Wildman–Crippen LogP) is 3.61. The molecule has 0 aliphatic rings. The third-order valence-corrected chi connectivity index (χ3v) is 2.88. The minimum atomic E-state index is -0.382. The molecule has 0 spiro atoms. The van der Waals surface area contributed by atoms with E-state index in [1.807, 2.05) is 24.3 Å². The van der Waals surface area contributed by atoms with Gasteiger partial charge in [-0.15, -0.1) is 0 Å². The van der Waals surface area contributed by atoms with Crippen molar-refractivity contribution in [2.24, 2.45) is 0 Å². The van der Waals surface area contributed by atoms with Crippen molar-refractivity contribution in [2.45, 2.75) is 0 Å². The summed E-state index contributed by atoms with van der Waals surface area (Å²) in [5.41, 5.74) is 0.0915. The molecule has 4 nitrogen and oxygen atoms in total. The number of rotatable bonds is 5. The fourth-order valence-corrected chi connectivity index (χ4v) is 1.97. The highest BCUT2D eigenvalue weighted by atomic mass is 32.1. The van der Waals surface area contributed by atoms with Gasteiger partial charge in [0.05, 0.1) is 10.3 Å². The number of benzene rings is 2. The Balaban J connectivity index is 2.38. The van der Waals surface area contributed by atoms with Gasteiger partial charge in [0.25, 0.3) is 5.69 Å². The summed E-state index contributed by atoms with van der Waals surface area (Å²) in [7, 11) is 0. The highest BCUT2D eigenvalue weighted by Gasteiger charge is 2.13. The molecule has 0 saturated carbocycles. The molecule has 0 aromatic heterocycles. The summed E-state index contributed by atoms with van der Waals surface area (Å²) in [4.78, 5) is 10.6. The summed E-state index contributed by atoms with van der Waals surface area (Å²) >= 11 is 4.06. The fraction of sp³-hybridized carbons (Fsp3) is 0.143. The summed E-state index contributed by atoms with van der Waals surface area (Å²) in [6, 6.07) is 10.3. The second-order valence-corrected chi connectivity index (χ2v) is 4.22. The van der Waals surface area contributed by atoms with Crippen LogP contribution in [-0.2, 0) is 0 Å². The number of hydrogen-bond donors (Lipinski definition) is 1. The third-order valence-electron chi connectivity index (χ3n) is 2.66. The molecular weight excluding hydrogens is 262 g/mol. The molecule has 0 amide bonds. The van der Waals surface area contributed by atoms with Crippen molar-refractivity contribution >= 4 is 29.1 Å². The first-order valence-corrected chi connectivity index (χ1v) is 6.42. The van der Waals surface area contributed by atoms with Gasteiger partial charge in [-0.3, -0.25) is 10.1 Å². The second kappa shape index (κ2) is 6.24. The van der Waals surface area contributed by atoms with Gasteiger partial charge in [0, 0.05) is 17.2 Å². The van der Waals surface area contributed by atoms with Crippen LogP contribution in [0.5, 0.6) is 5.75 Å². The number of thiol groups is 1. The molecule has 0 unspecified atom stereocenters. The van der Waals surface area contributed by atoms with Crippen LogP contribution in [0.2, 0.25) is 0 Å². The Hall–Kier alpha value is -2.01. The van der Waals surface area contributed by atoms with Crippen LogP contribution in [0.1, 0.15) is 0 Å². The van der Waals surface area contributed by atoms with Crippen LogP contribution in [-0.4, -0.2) is 17.3 Å². The lowest BCUT2D eigenvalue weighted by Crippen LogP contribution is -1.96. The van der Waals surface area contributed by atoms with Crippen LogP contribution in [0.3, 0.4) is 0 Å². The lowest BCUT2D eigenvalue weighted by Gasteiger charge is -2.07. The van der Waals surface area contributed by atoms with Gasteiger partial charge >= 0.3 is 0 Å². The molecule has 98 valence electrons. The Labute approximate surface area is 116 Å². The number of nitrogens with zero attached hydrogens (tertiary/aromatic N) is 1. The monoisotopic (exact) mass is 275 g/mol. The maximum atomic E-state index is 11.0. The van der Waals surface area contributed by atoms with E-state index in [0.717, 1.165) is 5.39 Å². The Kier molecular flexibility index (Phi) is 4.41. The summed E-state index contributed by atoms with van der Waals surface area (Å²) in [5.74, 6) is 1.30. The Morgan fingerprint density at radius 3 is 2.58 bits per heavy atom. The average Bonchev–Trinajstić information content (AvgIpc) is 2.43. The van der Waals surface area contributed by atoms with E-state index in [9.17, 15) is 10.1 Å². The molecule has 0 bridgehead atoms. The van der Waals surface area contributed by atoms with Gasteiger partial charge in [-0.05, 0) is 12.1 Å². The zero-order chi connectivity index (χ0) is 13.7. The number of nitro benzene ring substituents is 1. The number of fused-ring (bicyclic) bond motifs is 1. The van der Waals surface area contributed by atoms with Gasteiger partial charge in [0.2, 0.25) is 0 Å². The van der Waals surface area contributed by atoms with Crippen molar-refractivity contribution in [3.8, 4) is 5.75 Å². The van der Waals surface area contributed by atoms with Crippen LogP contribution in [0, 0.1) is 10.1 Å². The van der Waals surface area contributed by atoms with Gasteiger partial charge < -0.3 is 4.74 Å². The van der Waals surface area contributed by atoms with Crippen LogP contribution < -0.4 is 4.74 Å². The molecule has 2 aromatic carbocycles. The fourth-order valence-electron chi connectivity index (χ4n) is 1.82. The molecule has 0 aliphatic carbocycles. The topological polar surface area (TPSA) is 52.4 Å². The number of hydrogen-bond acceptors (Lipinski definition) is 4. The van der Waals surface area contributed by atoms with Crippen molar-refractivity contribution in [2.75, 3.05) is 12.4 Å². The first-order chi connectivity index (χ1) is 9.24. The van der Waals surface area contributed by atoms with Crippen LogP contribution in [0.4, 0.5) is 5.69 Å². The van der Waals surface area contributed by atoms with Crippen molar-refractivity contribution in [1.29, 1.82) is 0 Å². The van der Waals surface area contributed by atoms with Gasteiger partial charge in [-0.1, -0.05) is 30.4 Å². The van der Waals surface area contributed by atoms with Crippen LogP contribution >= 0.6 is 12.6 Å². The van der Waals surface area contributed by atoms with E-state index in [1.165, 1.54) is 6.07 Å². The number of non-ortho nitro benzene ring substituents is 1. The maximum absolute atomic E-state index is 11.0. The van der Waals surface area contributed by atoms with Gasteiger partial charge in [-0.2, -0.15) is 12.6 Å². The minimum absolute atomic E-state index is 0.0915. The molecule has 0 heterocycles. The van der Waals surface area contributed by atoms with Gasteiger partial charge in [-0.25, -0.2) is 0 Å². The molecule has 5 heteroatoms. The standard InChI is InChI=1S/C14H13NO3S/c16-15(17)13-7-8-14(18-9-3-4-10-19)12-6-2-1-5-11(12)13/h1-8,19H,9-10H2. The predicted molar refractivity (Wildman–Crippen MR) is 79.1 cm³/mol. The second-order valence-electron chi connectivity index (χ2n) is 3.85. The van der Waals surface area contributed by atoms with E-state index in [1.54, 1.807) is 18.2 Å². The molecular formula is C14H13NO3S. The van der Waals surface area contributed by atoms with Crippen LogP contribution in [0.15, 0.2) is 48.6 Å². The number of ether oxygens (including phenoxy) is 1. The minimum Gasteiger partial charge on any atom is -0.489 e. The lowest BCUT2D eigenvalue weighted by molar-refractivity contribution is -0.383. The van der Waals surface area contributed by atoms with Gasteiger partial charge in [0.1, 0.15) is 12.4 Å². The lowest BCUT2D eigenvalue weighted by atomic mass is 10.1. The molecule has 0 radical (unpaired) electrons. The highest BCUT2D eigenvalue weighted by molar-refractivity contribution is 7.80. The van der Waals surface area contributed by atoms with Crippen molar-refractivity contribution in [3.05, 3.63) is 58.7 Å². The Morgan fingerprint density at radius 1 is 1.16 bits per heavy atom. The molecule has 0 N–H and O–H groups in total. The first kappa shape index (κ1) is 13.4. The maximum Gasteiger partial charge on any atom is 0.277 e. The first-order valence-electron chi connectivity index (χ1n) is 5.79. The van der Waals surface area contributed by atoms with Crippen molar-refractivity contribution in [1.82, 2.24) is 0 Å². The zero-order valence-corrected chi connectivity index (χ0v) is 11.0. The molecule has 19 heavy (non-hydrogen) atoms. The Morgan fingerprint density at radius 2 is 1.89 bits per heavy atom. The zero-order valence-electron chi connectivity index (χ0n) is 10.2. The summed E-state index contributed by atoms with van der Waals surface area (Å²) in [5, 5.41) is 12.3. The van der Waals surface area contributed by atoms with E-state index in [2.05, 4.69) is 12.6 Å². The molecule has 0 saturated heterocycles. The third kappa shape index (κ3) is 3.06. The molecule has 2 aromatic rings. The molecule has 0 aliphatic heterocycles. The normalized spacial score (nSPS) is 11.0. The summed E-state index contributed by atoms with van der Waals surface area (Å²) in [6.07, 6.45) is 3.75. The Bertz CT molecular complexity index is 625. The van der Waals surface area contributed by atoms with Crippen molar-refractivity contribution < 1.29 is 9.66 Å². The highest BCUT2D eigenvalue weighted by Crippen LogP contribution is 2.32. The van der Waals surface area contributed by atoms with E-state index < -0.39 is 0 Å². The van der Waals surface area contributed by atoms with E-state index in [-0.39, 0.29) is 10.6 Å². The molecule has 0 fully saturated rings. The molecule has 0 atom stereocenters. The largest absolute Gasteiger partial charge is 0.489 e. The SMILES string of the molecule is O=[N+]([O-])c1ccc(OCC=CCS)c2ccccc12. The van der Waals surface area contributed by atoms with Gasteiger partial charge in [0.15, 0.2) is 0 Å². The van der Waals surface area contributed by atoms with Crippen LogP contribution in [0.25, 0.3) is 10.8 Å². The number of nitro groups is 1. The molecule has 2 rings (SSSR count). The summed E-state index contributed by atoms with van der Waals surface area (Å²) in [6.45, 7) is 0.419. The summed E-state index contributed by atoms with van der Waals surface area (Å²) < 4.78 is 5.61. The van der Waals surface area contributed by atoms with E-state index in [0.29, 0.717) is 23.5 Å². The van der Waals surface area contributed by atoms with Crippen molar-refractivity contribution in [3.63, 3.8) is 0 Å². The van der Waals surface area contributed by atoms with E-state index in [4.69, 9.17) is 4.74 Å². The average molecular weight is 275 g/mol. The van der Waals surface area contributed by atoms with E-state index >= 15 is 0 Å². The smallest absolute Gasteiger partial charge is 0.277 e. The quantitative estimate of drug-likeness (QED) is 0.392.